The zero-order valence-corrected chi connectivity index (χ0v) is 12.1. The van der Waals surface area contributed by atoms with Crippen LogP contribution in [0.3, 0.4) is 0 Å². The predicted octanol–water partition coefficient (Wildman–Crippen LogP) is 3.65. The number of rotatable bonds is 4. The lowest BCUT2D eigenvalue weighted by Gasteiger charge is -2.10. The van der Waals surface area contributed by atoms with Gasteiger partial charge in [0.15, 0.2) is 0 Å². The maximum Gasteiger partial charge on any atom is 0.271 e. The van der Waals surface area contributed by atoms with Crippen molar-refractivity contribution in [1.82, 2.24) is 0 Å². The first-order valence-electron chi connectivity index (χ1n) is 6.01. The lowest BCUT2D eigenvalue weighted by Crippen LogP contribution is -2.14. The number of methoxy groups -OCH3 is 1. The van der Waals surface area contributed by atoms with Crippen LogP contribution >= 0.6 is 11.6 Å². The van der Waals surface area contributed by atoms with Crippen LogP contribution in [-0.2, 0) is 0 Å². The molecule has 0 bridgehead atoms. The second kappa shape index (κ2) is 6.40. The summed E-state index contributed by atoms with van der Waals surface area (Å²) in [5, 5.41) is 13.3. The molecule has 114 valence electrons. The summed E-state index contributed by atoms with van der Waals surface area (Å²) >= 11 is 5.82. The molecule has 1 amide bonds. The Hall–Kier alpha value is -2.67. The topological polar surface area (TPSA) is 81.5 Å². The van der Waals surface area contributed by atoms with E-state index in [0.717, 1.165) is 18.2 Å². The van der Waals surface area contributed by atoms with Crippen LogP contribution in [0.1, 0.15) is 10.4 Å². The molecule has 0 atom stereocenters. The minimum Gasteiger partial charge on any atom is -0.496 e. The molecule has 8 heteroatoms. The van der Waals surface area contributed by atoms with E-state index >= 15 is 0 Å². The Morgan fingerprint density at radius 1 is 1.32 bits per heavy atom. The van der Waals surface area contributed by atoms with E-state index in [0.29, 0.717) is 5.02 Å². The summed E-state index contributed by atoms with van der Waals surface area (Å²) in [5.74, 6) is -1.24. The molecule has 2 aromatic carbocycles. The Balaban J connectivity index is 2.35. The third-order valence-electron chi connectivity index (χ3n) is 2.82. The average molecular weight is 325 g/mol. The number of nitrogens with one attached hydrogen (secondary N) is 1. The number of benzene rings is 2. The minimum atomic E-state index is -0.792. The van der Waals surface area contributed by atoms with Crippen molar-refractivity contribution in [2.75, 3.05) is 12.4 Å². The van der Waals surface area contributed by atoms with Gasteiger partial charge in [-0.3, -0.25) is 14.9 Å². The van der Waals surface area contributed by atoms with Gasteiger partial charge in [0.1, 0.15) is 11.6 Å². The van der Waals surface area contributed by atoms with Crippen LogP contribution in [0.25, 0.3) is 0 Å². The number of nitro groups is 1. The Morgan fingerprint density at radius 2 is 2.05 bits per heavy atom. The lowest BCUT2D eigenvalue weighted by molar-refractivity contribution is -0.384. The summed E-state index contributed by atoms with van der Waals surface area (Å²) in [6.07, 6.45) is 0. The van der Waals surface area contributed by atoms with Gasteiger partial charge in [-0.1, -0.05) is 11.6 Å². The zero-order valence-electron chi connectivity index (χ0n) is 11.3. The number of halogens is 2. The summed E-state index contributed by atoms with van der Waals surface area (Å²) in [7, 11) is 1.37. The van der Waals surface area contributed by atoms with E-state index in [1.807, 2.05) is 0 Å². The third kappa shape index (κ3) is 3.32. The first-order chi connectivity index (χ1) is 10.4. The second-order valence-corrected chi connectivity index (χ2v) is 4.66. The van der Waals surface area contributed by atoms with Gasteiger partial charge >= 0.3 is 0 Å². The van der Waals surface area contributed by atoms with Crippen molar-refractivity contribution >= 4 is 28.9 Å². The van der Waals surface area contributed by atoms with Gasteiger partial charge in [0.25, 0.3) is 11.6 Å². The third-order valence-corrected chi connectivity index (χ3v) is 3.05. The molecule has 1 N–H and O–H groups in total. The van der Waals surface area contributed by atoms with Crippen molar-refractivity contribution in [3.05, 3.63) is 62.9 Å². The van der Waals surface area contributed by atoms with Gasteiger partial charge < -0.3 is 10.1 Å². The number of anilines is 1. The van der Waals surface area contributed by atoms with Crippen molar-refractivity contribution in [1.29, 1.82) is 0 Å². The summed E-state index contributed by atoms with van der Waals surface area (Å²) in [6.45, 7) is 0. The standard InChI is InChI=1S/C14H10ClFN2O4/c1-22-13-5-2-8(15)6-10(13)14(19)17-12-7-9(18(20)21)3-4-11(12)16/h2-7H,1H3,(H,17,19). The van der Waals surface area contributed by atoms with Gasteiger partial charge in [-0.05, 0) is 24.3 Å². The van der Waals surface area contributed by atoms with Crippen molar-refractivity contribution < 1.29 is 18.8 Å². The molecule has 0 radical (unpaired) electrons. The SMILES string of the molecule is COc1ccc(Cl)cc1C(=O)Nc1cc([N+](=O)[O-])ccc1F. The number of carbonyl (C=O) groups excluding carboxylic acids is 1. The van der Waals surface area contributed by atoms with Crippen molar-refractivity contribution in [2.45, 2.75) is 0 Å². The molecule has 0 aliphatic rings. The van der Waals surface area contributed by atoms with E-state index in [9.17, 15) is 19.3 Å². The normalized spacial score (nSPS) is 10.1. The fourth-order valence-corrected chi connectivity index (χ4v) is 1.94. The number of ether oxygens (including phenoxy) is 1. The van der Waals surface area contributed by atoms with Crippen LogP contribution in [0.4, 0.5) is 15.8 Å². The molecule has 22 heavy (non-hydrogen) atoms. The van der Waals surface area contributed by atoms with Crippen LogP contribution in [-0.4, -0.2) is 17.9 Å². The van der Waals surface area contributed by atoms with Gasteiger partial charge in [-0.15, -0.1) is 0 Å². The van der Waals surface area contributed by atoms with E-state index in [2.05, 4.69) is 5.32 Å². The van der Waals surface area contributed by atoms with Gasteiger partial charge in [0, 0.05) is 17.2 Å². The molecule has 0 fully saturated rings. The van der Waals surface area contributed by atoms with Gasteiger partial charge in [0.05, 0.1) is 23.3 Å². The number of nitro benzene ring substituents is 1. The molecule has 0 saturated heterocycles. The van der Waals surface area contributed by atoms with Crippen LogP contribution < -0.4 is 10.1 Å². The maximum atomic E-state index is 13.7. The molecule has 0 spiro atoms. The predicted molar refractivity (Wildman–Crippen MR) is 79.0 cm³/mol. The molecule has 0 aromatic heterocycles. The summed E-state index contributed by atoms with van der Waals surface area (Å²) in [6, 6.07) is 7.22. The number of hydrogen-bond donors (Lipinski definition) is 1. The summed E-state index contributed by atoms with van der Waals surface area (Å²) < 4.78 is 18.7. The van der Waals surface area contributed by atoms with Crippen LogP contribution in [0.2, 0.25) is 5.02 Å². The minimum absolute atomic E-state index is 0.0842. The largest absolute Gasteiger partial charge is 0.496 e. The molecular formula is C14H10ClFN2O4. The highest BCUT2D eigenvalue weighted by atomic mass is 35.5. The Labute approximate surface area is 129 Å². The Morgan fingerprint density at radius 3 is 2.68 bits per heavy atom. The molecule has 2 rings (SSSR count). The van der Waals surface area contributed by atoms with E-state index < -0.39 is 16.6 Å². The molecule has 2 aromatic rings. The van der Waals surface area contributed by atoms with E-state index in [1.165, 1.54) is 25.3 Å². The molecule has 6 nitrogen and oxygen atoms in total. The number of nitrogens with zero attached hydrogens (tertiary/aromatic N) is 1. The highest BCUT2D eigenvalue weighted by Gasteiger charge is 2.17. The molecule has 0 unspecified atom stereocenters. The smallest absolute Gasteiger partial charge is 0.271 e. The van der Waals surface area contributed by atoms with Crippen LogP contribution in [0, 0.1) is 15.9 Å². The fraction of sp³-hybridized carbons (Fsp3) is 0.0714. The first-order valence-corrected chi connectivity index (χ1v) is 6.39. The van der Waals surface area contributed by atoms with Gasteiger partial charge in [-0.2, -0.15) is 0 Å². The molecular weight excluding hydrogens is 315 g/mol. The second-order valence-electron chi connectivity index (χ2n) is 4.22. The Kier molecular flexibility index (Phi) is 4.57. The van der Waals surface area contributed by atoms with E-state index in [4.69, 9.17) is 16.3 Å². The van der Waals surface area contributed by atoms with Crippen molar-refractivity contribution in [2.24, 2.45) is 0 Å². The van der Waals surface area contributed by atoms with Crippen molar-refractivity contribution in [3.8, 4) is 5.75 Å². The van der Waals surface area contributed by atoms with Gasteiger partial charge in [-0.25, -0.2) is 4.39 Å². The number of amides is 1. The summed E-state index contributed by atoms with van der Waals surface area (Å²) in [5.41, 5.74) is -0.558. The average Bonchev–Trinajstić information content (AvgIpc) is 2.49. The van der Waals surface area contributed by atoms with Crippen LogP contribution in [0.15, 0.2) is 36.4 Å². The maximum absolute atomic E-state index is 13.7. The quantitative estimate of drug-likeness (QED) is 0.687. The summed E-state index contributed by atoms with van der Waals surface area (Å²) in [4.78, 5) is 22.2. The zero-order chi connectivity index (χ0) is 16.3. The molecule has 0 saturated carbocycles. The van der Waals surface area contributed by atoms with Gasteiger partial charge in [0.2, 0.25) is 0 Å². The molecule has 0 aliphatic carbocycles. The highest BCUT2D eigenvalue weighted by molar-refractivity contribution is 6.31. The fourth-order valence-electron chi connectivity index (χ4n) is 1.77. The van der Waals surface area contributed by atoms with E-state index in [1.54, 1.807) is 0 Å². The highest BCUT2D eigenvalue weighted by Crippen LogP contribution is 2.26. The van der Waals surface area contributed by atoms with Crippen LogP contribution in [0.5, 0.6) is 5.75 Å². The lowest BCUT2D eigenvalue weighted by atomic mass is 10.1. The monoisotopic (exact) mass is 324 g/mol. The number of carbonyl (C=O) groups is 1. The molecule has 0 aliphatic heterocycles. The Bertz CT molecular complexity index is 752. The van der Waals surface area contributed by atoms with E-state index in [-0.39, 0.29) is 22.7 Å². The molecule has 0 heterocycles. The number of hydrogen-bond acceptors (Lipinski definition) is 4. The number of non-ortho nitro benzene ring substituents is 1. The first kappa shape index (κ1) is 15.7. The van der Waals surface area contributed by atoms with Crippen molar-refractivity contribution in [3.63, 3.8) is 0 Å².